The van der Waals surface area contributed by atoms with E-state index in [0.29, 0.717) is 11.3 Å². The molecule has 2 rings (SSSR count). The van der Waals surface area contributed by atoms with Crippen LogP contribution in [0.5, 0.6) is 5.75 Å². The largest absolute Gasteiger partial charge is 0.478 e. The van der Waals surface area contributed by atoms with Crippen LogP contribution in [-0.2, 0) is 9.53 Å². The second kappa shape index (κ2) is 7.61. The molecule has 23 heavy (non-hydrogen) atoms. The summed E-state index contributed by atoms with van der Waals surface area (Å²) in [5.74, 6) is -0.410. The summed E-state index contributed by atoms with van der Waals surface area (Å²) in [5, 5.41) is 9.27. The maximum atomic E-state index is 11.3. The third-order valence-electron chi connectivity index (χ3n) is 3.35. The van der Waals surface area contributed by atoms with Crippen LogP contribution in [0.2, 0.25) is 0 Å². The van der Waals surface area contributed by atoms with Crippen LogP contribution in [0.1, 0.15) is 22.3 Å². The Morgan fingerprint density at radius 1 is 1.13 bits per heavy atom. The Bertz CT molecular complexity index is 732. The Kier molecular flexibility index (Phi) is 5.55. The lowest BCUT2D eigenvalue weighted by molar-refractivity contribution is -0.131. The highest BCUT2D eigenvalue weighted by molar-refractivity contribution is 5.96. The predicted molar refractivity (Wildman–Crippen MR) is 89.6 cm³/mol. The quantitative estimate of drug-likeness (QED) is 0.651. The molecule has 0 saturated heterocycles. The van der Waals surface area contributed by atoms with E-state index >= 15 is 0 Å². The summed E-state index contributed by atoms with van der Waals surface area (Å²) in [7, 11) is 1.54. The maximum Gasteiger partial charge on any atom is 0.328 e. The van der Waals surface area contributed by atoms with E-state index in [1.807, 2.05) is 56.3 Å². The molecule has 0 fully saturated rings. The summed E-state index contributed by atoms with van der Waals surface area (Å²) in [5.41, 5.74) is 4.26. The number of ether oxygens (including phenoxy) is 2. The Morgan fingerprint density at radius 3 is 2.52 bits per heavy atom. The van der Waals surface area contributed by atoms with Gasteiger partial charge in [-0.2, -0.15) is 0 Å². The van der Waals surface area contributed by atoms with Crippen molar-refractivity contribution in [3.63, 3.8) is 0 Å². The van der Waals surface area contributed by atoms with E-state index in [2.05, 4.69) is 0 Å². The van der Waals surface area contributed by atoms with Crippen LogP contribution in [0.3, 0.4) is 0 Å². The van der Waals surface area contributed by atoms with Gasteiger partial charge in [-0.3, -0.25) is 0 Å². The van der Waals surface area contributed by atoms with Gasteiger partial charge in [-0.1, -0.05) is 41.5 Å². The first-order valence-corrected chi connectivity index (χ1v) is 7.25. The number of aryl methyl sites for hydroxylation is 2. The molecule has 0 atom stereocenters. The minimum Gasteiger partial charge on any atom is -0.478 e. The number of benzene rings is 2. The fourth-order valence-corrected chi connectivity index (χ4v) is 2.36. The highest BCUT2D eigenvalue weighted by Gasteiger charge is 2.14. The number of rotatable bonds is 6. The van der Waals surface area contributed by atoms with Crippen molar-refractivity contribution in [2.75, 3.05) is 13.9 Å². The Hall–Kier alpha value is -2.59. The second-order valence-corrected chi connectivity index (χ2v) is 5.32. The number of aliphatic carboxylic acids is 1. The topological polar surface area (TPSA) is 55.8 Å². The molecule has 0 aromatic heterocycles. The Morgan fingerprint density at radius 2 is 1.87 bits per heavy atom. The molecule has 4 heteroatoms. The SMILES string of the molecule is COCOc1ccc(C)cc1/C(=C/C(=O)O)c1cccc(C)c1. The summed E-state index contributed by atoms with van der Waals surface area (Å²) < 4.78 is 10.6. The van der Waals surface area contributed by atoms with Gasteiger partial charge in [-0.05, 0) is 37.1 Å². The smallest absolute Gasteiger partial charge is 0.328 e. The number of hydrogen-bond acceptors (Lipinski definition) is 3. The van der Waals surface area contributed by atoms with Crippen LogP contribution in [0, 0.1) is 13.8 Å². The molecule has 0 aliphatic carbocycles. The van der Waals surface area contributed by atoms with E-state index in [0.717, 1.165) is 22.3 Å². The molecule has 0 aliphatic heterocycles. The molecule has 120 valence electrons. The lowest BCUT2D eigenvalue weighted by atomic mass is 9.94. The van der Waals surface area contributed by atoms with Gasteiger partial charge in [0.05, 0.1) is 0 Å². The molecule has 0 saturated carbocycles. The highest BCUT2D eigenvalue weighted by Crippen LogP contribution is 2.32. The molecular formula is C19H20O4. The van der Waals surface area contributed by atoms with Gasteiger partial charge in [0.2, 0.25) is 0 Å². The third kappa shape index (κ3) is 4.44. The van der Waals surface area contributed by atoms with Gasteiger partial charge in [-0.15, -0.1) is 0 Å². The predicted octanol–water partition coefficient (Wildman–Crippen LogP) is 3.80. The van der Waals surface area contributed by atoms with Crippen LogP contribution < -0.4 is 4.74 Å². The summed E-state index contributed by atoms with van der Waals surface area (Å²) in [6, 6.07) is 13.4. The zero-order chi connectivity index (χ0) is 16.8. The normalized spacial score (nSPS) is 11.3. The Balaban J connectivity index is 2.60. The molecule has 4 nitrogen and oxygen atoms in total. The van der Waals surface area contributed by atoms with Gasteiger partial charge in [0.15, 0.2) is 6.79 Å². The van der Waals surface area contributed by atoms with Crippen molar-refractivity contribution in [1.82, 2.24) is 0 Å². The zero-order valence-corrected chi connectivity index (χ0v) is 13.5. The first-order chi connectivity index (χ1) is 11.0. The summed E-state index contributed by atoms with van der Waals surface area (Å²) in [6.07, 6.45) is 1.21. The van der Waals surface area contributed by atoms with Crippen molar-refractivity contribution >= 4 is 11.5 Å². The summed E-state index contributed by atoms with van der Waals surface area (Å²) in [4.78, 5) is 11.3. The Labute approximate surface area is 136 Å². The number of carboxylic acid groups (broad SMARTS) is 1. The van der Waals surface area contributed by atoms with Crippen LogP contribution >= 0.6 is 0 Å². The van der Waals surface area contributed by atoms with Crippen molar-refractivity contribution in [3.05, 3.63) is 70.8 Å². The minimum absolute atomic E-state index is 0.101. The van der Waals surface area contributed by atoms with E-state index < -0.39 is 5.97 Å². The van der Waals surface area contributed by atoms with Crippen molar-refractivity contribution in [2.24, 2.45) is 0 Å². The average Bonchev–Trinajstić information content (AvgIpc) is 2.51. The zero-order valence-electron chi connectivity index (χ0n) is 13.5. The van der Waals surface area contributed by atoms with E-state index in [1.54, 1.807) is 7.11 Å². The van der Waals surface area contributed by atoms with Crippen LogP contribution in [0.4, 0.5) is 0 Å². The number of hydrogen-bond donors (Lipinski definition) is 1. The molecular weight excluding hydrogens is 292 g/mol. The van der Waals surface area contributed by atoms with Crippen LogP contribution in [0.15, 0.2) is 48.5 Å². The number of carbonyl (C=O) groups is 1. The molecule has 1 N–H and O–H groups in total. The van der Waals surface area contributed by atoms with Gasteiger partial charge in [-0.25, -0.2) is 4.79 Å². The van der Waals surface area contributed by atoms with E-state index in [4.69, 9.17) is 9.47 Å². The van der Waals surface area contributed by atoms with Crippen LogP contribution in [-0.4, -0.2) is 25.0 Å². The van der Waals surface area contributed by atoms with E-state index in [-0.39, 0.29) is 6.79 Å². The van der Waals surface area contributed by atoms with Gasteiger partial charge < -0.3 is 14.6 Å². The summed E-state index contributed by atoms with van der Waals surface area (Å²) in [6.45, 7) is 4.03. The van der Waals surface area contributed by atoms with Crippen molar-refractivity contribution in [1.29, 1.82) is 0 Å². The highest BCUT2D eigenvalue weighted by atomic mass is 16.7. The molecule has 2 aromatic carbocycles. The van der Waals surface area contributed by atoms with Gasteiger partial charge in [0, 0.05) is 18.7 Å². The van der Waals surface area contributed by atoms with Crippen molar-refractivity contribution in [2.45, 2.75) is 13.8 Å². The molecule has 0 aliphatic rings. The van der Waals surface area contributed by atoms with Gasteiger partial charge >= 0.3 is 5.97 Å². The molecule has 0 amide bonds. The number of methoxy groups -OCH3 is 1. The first kappa shape index (κ1) is 16.8. The van der Waals surface area contributed by atoms with E-state index in [9.17, 15) is 9.90 Å². The number of carboxylic acids is 1. The molecule has 0 heterocycles. The molecule has 0 spiro atoms. The standard InChI is InChI=1S/C19H20O4/c1-13-5-4-6-15(9-13)16(11-19(20)21)17-10-14(2)7-8-18(17)23-12-22-3/h4-11H,12H2,1-3H3,(H,20,21)/b16-11+. The summed E-state index contributed by atoms with van der Waals surface area (Å²) >= 11 is 0. The van der Waals surface area contributed by atoms with E-state index in [1.165, 1.54) is 6.08 Å². The molecule has 0 unspecified atom stereocenters. The monoisotopic (exact) mass is 312 g/mol. The van der Waals surface area contributed by atoms with Gasteiger partial charge in [0.1, 0.15) is 5.75 Å². The van der Waals surface area contributed by atoms with Gasteiger partial charge in [0.25, 0.3) is 0 Å². The third-order valence-corrected chi connectivity index (χ3v) is 3.35. The van der Waals surface area contributed by atoms with Crippen molar-refractivity contribution < 1.29 is 19.4 Å². The fourth-order valence-electron chi connectivity index (χ4n) is 2.36. The molecule has 2 aromatic rings. The first-order valence-electron chi connectivity index (χ1n) is 7.25. The second-order valence-electron chi connectivity index (χ2n) is 5.32. The lowest BCUT2D eigenvalue weighted by Gasteiger charge is -2.15. The lowest BCUT2D eigenvalue weighted by Crippen LogP contribution is -2.03. The van der Waals surface area contributed by atoms with Crippen LogP contribution in [0.25, 0.3) is 5.57 Å². The fraction of sp³-hybridized carbons (Fsp3) is 0.211. The van der Waals surface area contributed by atoms with Crippen molar-refractivity contribution in [3.8, 4) is 5.75 Å². The minimum atomic E-state index is -0.999. The molecule has 0 bridgehead atoms. The average molecular weight is 312 g/mol. The maximum absolute atomic E-state index is 11.3. The molecule has 0 radical (unpaired) electrons.